The maximum Gasteiger partial charge on any atom is 0.275 e. The average molecular weight is 355 g/mol. The number of nitrogens with one attached hydrogen (secondary N) is 2. The lowest BCUT2D eigenvalue weighted by Gasteiger charge is -2.25. The molecule has 1 aliphatic rings. The van der Waals surface area contributed by atoms with Crippen molar-refractivity contribution in [2.45, 2.75) is 6.92 Å². The van der Waals surface area contributed by atoms with Crippen LogP contribution in [0.4, 0.5) is 11.4 Å². The van der Waals surface area contributed by atoms with Crippen molar-refractivity contribution in [1.82, 2.24) is 14.9 Å². The second-order valence-electron chi connectivity index (χ2n) is 6.01. The number of aryl methyl sites for hydroxylation is 1. The van der Waals surface area contributed by atoms with Crippen LogP contribution in [-0.2, 0) is 9.53 Å². The van der Waals surface area contributed by atoms with Crippen LogP contribution in [0.3, 0.4) is 0 Å². The maximum absolute atomic E-state index is 12.2. The van der Waals surface area contributed by atoms with Gasteiger partial charge in [0.25, 0.3) is 5.91 Å². The fourth-order valence-electron chi connectivity index (χ4n) is 2.54. The number of hydrogen-bond donors (Lipinski definition) is 2. The van der Waals surface area contributed by atoms with Crippen LogP contribution in [0.2, 0.25) is 0 Å². The number of benzene rings is 1. The number of aromatic nitrogens is 2. The molecule has 1 saturated heterocycles. The third-order valence-electron chi connectivity index (χ3n) is 3.89. The van der Waals surface area contributed by atoms with Gasteiger partial charge in [-0.25, -0.2) is 4.98 Å². The molecule has 1 fully saturated rings. The van der Waals surface area contributed by atoms with Crippen LogP contribution in [0.25, 0.3) is 0 Å². The van der Waals surface area contributed by atoms with E-state index in [4.69, 9.17) is 4.74 Å². The van der Waals surface area contributed by atoms with E-state index in [0.717, 1.165) is 18.8 Å². The van der Waals surface area contributed by atoms with Crippen molar-refractivity contribution in [1.29, 1.82) is 0 Å². The fraction of sp³-hybridized carbons (Fsp3) is 0.333. The van der Waals surface area contributed by atoms with Gasteiger partial charge in [-0.15, -0.1) is 0 Å². The molecular formula is C18H21N5O3. The maximum atomic E-state index is 12.2. The zero-order chi connectivity index (χ0) is 18.4. The van der Waals surface area contributed by atoms with E-state index in [0.29, 0.717) is 31.1 Å². The van der Waals surface area contributed by atoms with Gasteiger partial charge in [-0.05, 0) is 25.1 Å². The smallest absolute Gasteiger partial charge is 0.275 e. The summed E-state index contributed by atoms with van der Waals surface area (Å²) < 4.78 is 5.27. The van der Waals surface area contributed by atoms with Crippen molar-refractivity contribution in [2.24, 2.45) is 0 Å². The van der Waals surface area contributed by atoms with E-state index in [1.165, 1.54) is 12.4 Å². The number of nitrogens with zero attached hydrogens (tertiary/aromatic N) is 3. The van der Waals surface area contributed by atoms with Gasteiger partial charge >= 0.3 is 0 Å². The molecule has 1 aromatic heterocycles. The predicted molar refractivity (Wildman–Crippen MR) is 97.1 cm³/mol. The number of ether oxygens (including phenoxy) is 1. The summed E-state index contributed by atoms with van der Waals surface area (Å²) >= 11 is 0. The molecule has 136 valence electrons. The summed E-state index contributed by atoms with van der Waals surface area (Å²) in [4.78, 5) is 34.5. The largest absolute Gasteiger partial charge is 0.379 e. The minimum absolute atomic E-state index is 0.0974. The minimum atomic E-state index is -0.353. The SMILES string of the molecule is Cc1cnc(C(=O)Nc2cccc(NC(=O)CN3CCOCC3)c2)cn1. The highest BCUT2D eigenvalue weighted by atomic mass is 16.5. The Bertz CT molecular complexity index is 773. The van der Waals surface area contributed by atoms with Gasteiger partial charge in [0.2, 0.25) is 5.91 Å². The van der Waals surface area contributed by atoms with Crippen molar-refractivity contribution in [3.05, 3.63) is 48.0 Å². The van der Waals surface area contributed by atoms with E-state index in [2.05, 4.69) is 20.6 Å². The molecule has 0 aliphatic carbocycles. The predicted octanol–water partition coefficient (Wildman–Crippen LogP) is 1.31. The number of amides is 2. The number of morpholine rings is 1. The molecule has 8 nitrogen and oxygen atoms in total. The summed E-state index contributed by atoms with van der Waals surface area (Å²) in [6.45, 7) is 4.92. The molecule has 0 bridgehead atoms. The number of carbonyl (C=O) groups is 2. The van der Waals surface area contributed by atoms with Crippen LogP contribution in [0.5, 0.6) is 0 Å². The highest BCUT2D eigenvalue weighted by molar-refractivity contribution is 6.03. The van der Waals surface area contributed by atoms with Crippen molar-refractivity contribution in [3.8, 4) is 0 Å². The Kier molecular flexibility index (Phi) is 5.88. The van der Waals surface area contributed by atoms with Gasteiger partial charge < -0.3 is 15.4 Å². The van der Waals surface area contributed by atoms with Gasteiger partial charge in [0, 0.05) is 30.7 Å². The normalized spacial score (nSPS) is 14.7. The van der Waals surface area contributed by atoms with Crippen molar-refractivity contribution < 1.29 is 14.3 Å². The molecule has 8 heteroatoms. The van der Waals surface area contributed by atoms with Crippen LogP contribution in [-0.4, -0.2) is 59.5 Å². The van der Waals surface area contributed by atoms with E-state index in [-0.39, 0.29) is 17.5 Å². The summed E-state index contributed by atoms with van der Waals surface area (Å²) in [5.41, 5.74) is 2.17. The first-order chi connectivity index (χ1) is 12.6. The van der Waals surface area contributed by atoms with Gasteiger partial charge in [0.1, 0.15) is 5.69 Å². The van der Waals surface area contributed by atoms with Crippen molar-refractivity contribution in [3.63, 3.8) is 0 Å². The first-order valence-electron chi connectivity index (χ1n) is 8.40. The summed E-state index contributed by atoms with van der Waals surface area (Å²) in [6, 6.07) is 6.99. The first-order valence-corrected chi connectivity index (χ1v) is 8.40. The van der Waals surface area contributed by atoms with Crippen molar-refractivity contribution >= 4 is 23.2 Å². The molecule has 0 unspecified atom stereocenters. The van der Waals surface area contributed by atoms with Gasteiger partial charge in [0.15, 0.2) is 0 Å². The Morgan fingerprint density at radius 1 is 1.12 bits per heavy atom. The number of anilines is 2. The van der Waals surface area contributed by atoms with E-state index in [9.17, 15) is 9.59 Å². The Morgan fingerprint density at radius 3 is 2.54 bits per heavy atom. The molecule has 1 aromatic carbocycles. The van der Waals surface area contributed by atoms with Gasteiger partial charge in [-0.1, -0.05) is 6.07 Å². The Hall–Kier alpha value is -2.84. The van der Waals surface area contributed by atoms with E-state index in [1.54, 1.807) is 31.2 Å². The Balaban J connectivity index is 1.57. The van der Waals surface area contributed by atoms with Crippen LogP contribution < -0.4 is 10.6 Å². The van der Waals surface area contributed by atoms with E-state index >= 15 is 0 Å². The lowest BCUT2D eigenvalue weighted by Crippen LogP contribution is -2.41. The molecule has 2 amide bonds. The second kappa shape index (κ2) is 8.50. The van der Waals surface area contributed by atoms with Gasteiger partial charge in [-0.2, -0.15) is 0 Å². The standard InChI is InChI=1S/C18H21N5O3/c1-13-10-20-16(11-19-13)18(25)22-15-4-2-3-14(9-15)21-17(24)12-23-5-7-26-8-6-23/h2-4,9-11H,5-8,12H2,1H3,(H,21,24)(H,22,25). The third kappa shape index (κ3) is 5.08. The summed E-state index contributed by atoms with van der Waals surface area (Å²) in [5.74, 6) is -0.450. The second-order valence-corrected chi connectivity index (χ2v) is 6.01. The molecule has 3 rings (SSSR count). The van der Waals surface area contributed by atoms with Crippen LogP contribution >= 0.6 is 0 Å². The highest BCUT2D eigenvalue weighted by Gasteiger charge is 2.14. The van der Waals surface area contributed by atoms with Crippen LogP contribution in [0, 0.1) is 6.92 Å². The third-order valence-corrected chi connectivity index (χ3v) is 3.89. The van der Waals surface area contributed by atoms with Crippen molar-refractivity contribution in [2.75, 3.05) is 43.5 Å². The van der Waals surface area contributed by atoms with E-state index < -0.39 is 0 Å². The molecule has 0 spiro atoms. The first kappa shape index (κ1) is 18.0. The molecule has 2 N–H and O–H groups in total. The number of rotatable bonds is 5. The van der Waals surface area contributed by atoms with Crippen LogP contribution in [0.15, 0.2) is 36.7 Å². The molecule has 0 radical (unpaired) electrons. The summed E-state index contributed by atoms with van der Waals surface area (Å²) in [6.07, 6.45) is 2.97. The van der Waals surface area contributed by atoms with Gasteiger partial charge in [-0.3, -0.25) is 19.5 Å². The zero-order valence-corrected chi connectivity index (χ0v) is 14.6. The molecule has 1 aliphatic heterocycles. The molecule has 0 atom stereocenters. The fourth-order valence-corrected chi connectivity index (χ4v) is 2.54. The Labute approximate surface area is 151 Å². The van der Waals surface area contributed by atoms with Gasteiger partial charge in [0.05, 0.1) is 31.6 Å². The zero-order valence-electron chi connectivity index (χ0n) is 14.6. The van der Waals surface area contributed by atoms with E-state index in [1.807, 2.05) is 4.90 Å². The summed E-state index contributed by atoms with van der Waals surface area (Å²) in [5, 5.41) is 5.60. The molecule has 0 saturated carbocycles. The molecule has 26 heavy (non-hydrogen) atoms. The summed E-state index contributed by atoms with van der Waals surface area (Å²) in [7, 11) is 0. The molecule has 2 aromatic rings. The lowest BCUT2D eigenvalue weighted by atomic mass is 10.2. The molecule has 2 heterocycles. The number of carbonyl (C=O) groups excluding carboxylic acids is 2. The topological polar surface area (TPSA) is 96.5 Å². The Morgan fingerprint density at radius 2 is 1.85 bits per heavy atom. The lowest BCUT2D eigenvalue weighted by molar-refractivity contribution is -0.118. The average Bonchev–Trinajstić information content (AvgIpc) is 2.63. The molecular weight excluding hydrogens is 334 g/mol. The minimum Gasteiger partial charge on any atom is -0.379 e. The quantitative estimate of drug-likeness (QED) is 0.839. The highest BCUT2D eigenvalue weighted by Crippen LogP contribution is 2.16. The van der Waals surface area contributed by atoms with Crippen LogP contribution in [0.1, 0.15) is 16.2 Å². The number of hydrogen-bond acceptors (Lipinski definition) is 6. The monoisotopic (exact) mass is 355 g/mol.